The molecule has 0 saturated carbocycles. The van der Waals surface area contributed by atoms with Crippen molar-refractivity contribution < 1.29 is 0 Å². The van der Waals surface area contributed by atoms with E-state index in [0.717, 1.165) is 50.0 Å². The number of rotatable bonds is 7. The number of nitrogens with zero attached hydrogens (tertiary/aromatic N) is 4. The molecule has 2 aromatic rings. The number of nitrogens with one attached hydrogen (secondary N) is 2. The average Bonchev–Trinajstić information content (AvgIpc) is 3.24. The van der Waals surface area contributed by atoms with Gasteiger partial charge in [0.05, 0.1) is 6.04 Å². The molecule has 1 unspecified atom stereocenters. The van der Waals surface area contributed by atoms with Gasteiger partial charge in [0.15, 0.2) is 11.8 Å². The van der Waals surface area contributed by atoms with Crippen LogP contribution in [0.4, 0.5) is 0 Å². The molecular formula is C21H32N6. The summed E-state index contributed by atoms with van der Waals surface area (Å²) in [5.41, 5.74) is 2.65. The lowest BCUT2D eigenvalue weighted by Crippen LogP contribution is -2.38. The summed E-state index contributed by atoms with van der Waals surface area (Å²) >= 11 is 0. The van der Waals surface area contributed by atoms with Crippen LogP contribution in [0.5, 0.6) is 0 Å². The van der Waals surface area contributed by atoms with Gasteiger partial charge in [-0.25, -0.2) is 4.99 Å². The Morgan fingerprint density at radius 1 is 1.19 bits per heavy atom. The Kier molecular flexibility index (Phi) is 6.48. The molecule has 0 spiro atoms. The highest BCUT2D eigenvalue weighted by atomic mass is 15.3. The van der Waals surface area contributed by atoms with Crippen molar-refractivity contribution in [2.24, 2.45) is 10.9 Å². The van der Waals surface area contributed by atoms with E-state index >= 15 is 0 Å². The Morgan fingerprint density at radius 2 is 1.96 bits per heavy atom. The van der Waals surface area contributed by atoms with Crippen LogP contribution >= 0.6 is 0 Å². The van der Waals surface area contributed by atoms with E-state index in [4.69, 9.17) is 4.99 Å². The minimum Gasteiger partial charge on any atom is -0.357 e. The third-order valence-electron chi connectivity index (χ3n) is 4.89. The van der Waals surface area contributed by atoms with Crippen LogP contribution in [-0.4, -0.2) is 27.3 Å². The van der Waals surface area contributed by atoms with Crippen LogP contribution < -0.4 is 10.6 Å². The second-order valence-corrected chi connectivity index (χ2v) is 7.69. The van der Waals surface area contributed by atoms with Crippen LogP contribution in [0.3, 0.4) is 0 Å². The second kappa shape index (κ2) is 9.02. The van der Waals surface area contributed by atoms with Gasteiger partial charge in [0, 0.05) is 19.5 Å². The fourth-order valence-corrected chi connectivity index (χ4v) is 3.50. The smallest absolute Gasteiger partial charge is 0.192 e. The Balaban J connectivity index is 1.64. The van der Waals surface area contributed by atoms with Gasteiger partial charge >= 0.3 is 0 Å². The zero-order chi connectivity index (χ0) is 19.2. The van der Waals surface area contributed by atoms with Gasteiger partial charge in [0.1, 0.15) is 12.4 Å². The maximum Gasteiger partial charge on any atom is 0.192 e. The van der Waals surface area contributed by atoms with Crippen molar-refractivity contribution in [2.45, 2.75) is 66.1 Å². The molecule has 1 aromatic heterocycles. The van der Waals surface area contributed by atoms with E-state index < -0.39 is 0 Å². The Hall–Kier alpha value is -2.37. The predicted molar refractivity (Wildman–Crippen MR) is 110 cm³/mol. The summed E-state index contributed by atoms with van der Waals surface area (Å²) in [5, 5.41) is 15.4. The molecule has 0 amide bonds. The molecule has 0 aliphatic carbocycles. The molecule has 27 heavy (non-hydrogen) atoms. The topological polar surface area (TPSA) is 67.1 Å². The predicted octanol–water partition coefficient (Wildman–Crippen LogP) is 3.24. The number of benzene rings is 1. The molecule has 3 rings (SSSR count). The molecule has 1 atom stereocenters. The lowest BCUT2D eigenvalue weighted by molar-refractivity contribution is 0.645. The maximum absolute atomic E-state index is 4.73. The van der Waals surface area contributed by atoms with Gasteiger partial charge in [-0.1, -0.05) is 38.1 Å². The van der Waals surface area contributed by atoms with Gasteiger partial charge in [0.2, 0.25) is 0 Å². The van der Waals surface area contributed by atoms with Gasteiger partial charge in [-0.3, -0.25) is 0 Å². The van der Waals surface area contributed by atoms with Gasteiger partial charge < -0.3 is 15.2 Å². The van der Waals surface area contributed by atoms with Crippen LogP contribution in [0.1, 0.15) is 62.9 Å². The molecule has 2 N–H and O–H groups in total. The van der Waals surface area contributed by atoms with Crippen LogP contribution in [0.25, 0.3) is 0 Å². The number of aromatic nitrogens is 3. The average molecular weight is 369 g/mol. The van der Waals surface area contributed by atoms with Crippen LogP contribution in [-0.2, 0) is 25.9 Å². The van der Waals surface area contributed by atoms with Crippen molar-refractivity contribution >= 4 is 5.96 Å². The van der Waals surface area contributed by atoms with E-state index in [1.807, 2.05) is 0 Å². The third-order valence-corrected chi connectivity index (χ3v) is 4.89. The molecule has 6 heteroatoms. The summed E-state index contributed by atoms with van der Waals surface area (Å²) in [6, 6.07) is 9.07. The van der Waals surface area contributed by atoms with Crippen molar-refractivity contribution in [1.82, 2.24) is 25.4 Å². The lowest BCUT2D eigenvalue weighted by atomic mass is 10.00. The molecule has 1 aliphatic heterocycles. The molecule has 1 aromatic carbocycles. The van der Waals surface area contributed by atoms with Crippen molar-refractivity contribution in [3.8, 4) is 0 Å². The number of hydrogen-bond donors (Lipinski definition) is 2. The molecule has 146 valence electrons. The van der Waals surface area contributed by atoms with Gasteiger partial charge in [0.25, 0.3) is 0 Å². The van der Waals surface area contributed by atoms with Gasteiger partial charge in [-0.2, -0.15) is 0 Å². The van der Waals surface area contributed by atoms with Crippen molar-refractivity contribution in [3.05, 3.63) is 47.0 Å². The summed E-state index contributed by atoms with van der Waals surface area (Å²) in [5.74, 6) is 3.53. The monoisotopic (exact) mass is 368 g/mol. The van der Waals surface area contributed by atoms with E-state index in [0.29, 0.717) is 12.5 Å². The Labute approximate surface area is 162 Å². The zero-order valence-corrected chi connectivity index (χ0v) is 17.0. The SMILES string of the molecule is CCNC(=NCc1nnc2n1CCC2)NC(C)c1ccc(CC(C)C)cc1. The van der Waals surface area contributed by atoms with E-state index in [1.165, 1.54) is 11.1 Å². The number of aliphatic imine (C=N–C) groups is 1. The highest BCUT2D eigenvalue weighted by Crippen LogP contribution is 2.16. The maximum atomic E-state index is 4.73. The number of guanidine groups is 1. The highest BCUT2D eigenvalue weighted by molar-refractivity contribution is 5.80. The highest BCUT2D eigenvalue weighted by Gasteiger charge is 2.17. The van der Waals surface area contributed by atoms with Crippen LogP contribution in [0.2, 0.25) is 0 Å². The standard InChI is InChI=1S/C21H32N6/c1-5-22-21(23-14-20-26-25-19-7-6-12-27(19)20)24-16(4)18-10-8-17(9-11-18)13-15(2)3/h8-11,15-16H,5-7,12-14H2,1-4H3,(H2,22,23,24). The molecule has 0 saturated heterocycles. The van der Waals surface area contributed by atoms with Gasteiger partial charge in [-0.05, 0) is 43.7 Å². The van der Waals surface area contributed by atoms with E-state index in [2.05, 4.69) is 77.4 Å². The number of aryl methyl sites for hydroxylation is 1. The van der Waals surface area contributed by atoms with E-state index in [-0.39, 0.29) is 6.04 Å². The molecule has 1 aliphatic rings. The normalized spacial score (nSPS) is 15.1. The van der Waals surface area contributed by atoms with Crippen LogP contribution in [0.15, 0.2) is 29.3 Å². The molecule has 0 radical (unpaired) electrons. The second-order valence-electron chi connectivity index (χ2n) is 7.69. The van der Waals surface area contributed by atoms with Crippen LogP contribution in [0, 0.1) is 5.92 Å². The fourth-order valence-electron chi connectivity index (χ4n) is 3.50. The summed E-state index contributed by atoms with van der Waals surface area (Å²) < 4.78 is 2.20. The number of hydrogen-bond acceptors (Lipinski definition) is 3. The lowest BCUT2D eigenvalue weighted by Gasteiger charge is -2.18. The fraction of sp³-hybridized carbons (Fsp3) is 0.571. The van der Waals surface area contributed by atoms with Gasteiger partial charge in [-0.15, -0.1) is 10.2 Å². The quantitative estimate of drug-likeness (QED) is 0.582. The summed E-state index contributed by atoms with van der Waals surface area (Å²) in [6.45, 7) is 11.1. The molecule has 6 nitrogen and oxygen atoms in total. The molecular weight excluding hydrogens is 336 g/mol. The third kappa shape index (κ3) is 5.08. The Bertz CT molecular complexity index is 759. The molecule has 0 bridgehead atoms. The van der Waals surface area contributed by atoms with Crippen molar-refractivity contribution in [3.63, 3.8) is 0 Å². The summed E-state index contributed by atoms with van der Waals surface area (Å²) in [4.78, 5) is 4.73. The first-order valence-corrected chi connectivity index (χ1v) is 10.1. The summed E-state index contributed by atoms with van der Waals surface area (Å²) in [6.07, 6.45) is 3.30. The number of fused-ring (bicyclic) bond motifs is 1. The summed E-state index contributed by atoms with van der Waals surface area (Å²) in [7, 11) is 0. The first-order chi connectivity index (χ1) is 13.1. The molecule has 0 fully saturated rings. The largest absolute Gasteiger partial charge is 0.357 e. The van der Waals surface area contributed by atoms with E-state index in [9.17, 15) is 0 Å². The van der Waals surface area contributed by atoms with Crippen molar-refractivity contribution in [1.29, 1.82) is 0 Å². The molecule has 2 heterocycles. The van der Waals surface area contributed by atoms with Crippen molar-refractivity contribution in [2.75, 3.05) is 6.54 Å². The minimum absolute atomic E-state index is 0.181. The first-order valence-electron chi connectivity index (χ1n) is 10.1. The minimum atomic E-state index is 0.181. The first kappa shape index (κ1) is 19.4. The zero-order valence-electron chi connectivity index (χ0n) is 17.0. The Morgan fingerprint density at radius 3 is 2.67 bits per heavy atom. The van der Waals surface area contributed by atoms with E-state index in [1.54, 1.807) is 0 Å².